The van der Waals surface area contributed by atoms with Gasteiger partial charge in [0.05, 0.1) is 0 Å². The van der Waals surface area contributed by atoms with Crippen LogP contribution in [0.3, 0.4) is 0 Å². The van der Waals surface area contributed by atoms with Crippen molar-refractivity contribution in [3.05, 3.63) is 66.2 Å². The lowest BCUT2D eigenvalue weighted by Gasteiger charge is -2.27. The third-order valence-corrected chi connectivity index (χ3v) is 2.90. The molecular formula is C17H21NO2. The van der Waals surface area contributed by atoms with E-state index >= 15 is 0 Å². The van der Waals surface area contributed by atoms with Gasteiger partial charge in [-0.05, 0) is 17.7 Å². The predicted octanol–water partition coefficient (Wildman–Crippen LogP) is 3.97. The number of rotatable bonds is 4. The number of para-hydroxylation sites is 1. The van der Waals surface area contributed by atoms with Crippen molar-refractivity contribution in [2.75, 3.05) is 11.9 Å². The maximum Gasteiger partial charge on any atom is 0.331 e. The fraction of sp³-hybridized carbons (Fsp3) is 0.235. The molecule has 0 saturated carbocycles. The Labute approximate surface area is 120 Å². The van der Waals surface area contributed by atoms with Gasteiger partial charge in [0.15, 0.2) is 6.04 Å². The van der Waals surface area contributed by atoms with E-state index in [-0.39, 0.29) is 0 Å². The Morgan fingerprint density at radius 3 is 1.85 bits per heavy atom. The van der Waals surface area contributed by atoms with E-state index in [1.807, 2.05) is 74.5 Å². The Hall–Kier alpha value is -2.29. The third kappa shape index (κ3) is 3.85. The zero-order valence-corrected chi connectivity index (χ0v) is 12.2. The smallest absolute Gasteiger partial charge is 0.331 e. The van der Waals surface area contributed by atoms with Crippen molar-refractivity contribution >= 4 is 11.7 Å². The van der Waals surface area contributed by atoms with Crippen LogP contribution in [-0.4, -0.2) is 18.1 Å². The molecule has 3 heteroatoms. The average Bonchev–Trinajstić information content (AvgIpc) is 2.51. The van der Waals surface area contributed by atoms with E-state index in [4.69, 9.17) is 0 Å². The van der Waals surface area contributed by atoms with E-state index in [1.54, 1.807) is 11.9 Å². The monoisotopic (exact) mass is 271 g/mol. The van der Waals surface area contributed by atoms with Gasteiger partial charge in [-0.15, -0.1) is 0 Å². The summed E-state index contributed by atoms with van der Waals surface area (Å²) in [6.45, 7) is 4.00. The maximum atomic E-state index is 11.5. The van der Waals surface area contributed by atoms with Gasteiger partial charge in [0.1, 0.15) is 0 Å². The van der Waals surface area contributed by atoms with Crippen molar-refractivity contribution in [1.82, 2.24) is 0 Å². The SMILES string of the molecule is CC.CN(c1ccccc1)C(C(=O)O)c1ccccc1. The van der Waals surface area contributed by atoms with E-state index in [0.717, 1.165) is 11.3 Å². The summed E-state index contributed by atoms with van der Waals surface area (Å²) in [5.41, 5.74) is 1.66. The first-order valence-electron chi connectivity index (χ1n) is 6.76. The van der Waals surface area contributed by atoms with Crippen LogP contribution in [0, 0.1) is 0 Å². The van der Waals surface area contributed by atoms with Crippen LogP contribution in [0.5, 0.6) is 0 Å². The number of hydrogen-bond donors (Lipinski definition) is 1. The molecule has 2 aromatic carbocycles. The number of benzene rings is 2. The summed E-state index contributed by atoms with van der Waals surface area (Å²) in [5, 5.41) is 9.42. The second kappa shape index (κ2) is 8.00. The van der Waals surface area contributed by atoms with Crippen molar-refractivity contribution < 1.29 is 9.90 Å². The molecule has 0 amide bonds. The fourth-order valence-electron chi connectivity index (χ4n) is 1.98. The number of carboxylic acids is 1. The zero-order valence-electron chi connectivity index (χ0n) is 12.2. The van der Waals surface area contributed by atoms with Gasteiger partial charge in [-0.1, -0.05) is 62.4 Å². The molecule has 106 valence electrons. The summed E-state index contributed by atoms with van der Waals surface area (Å²) < 4.78 is 0. The van der Waals surface area contributed by atoms with Crippen LogP contribution < -0.4 is 4.90 Å². The van der Waals surface area contributed by atoms with E-state index in [1.165, 1.54) is 0 Å². The Morgan fingerprint density at radius 2 is 1.40 bits per heavy atom. The highest BCUT2D eigenvalue weighted by Crippen LogP contribution is 2.25. The molecular weight excluding hydrogens is 250 g/mol. The Bertz CT molecular complexity index is 511. The lowest BCUT2D eigenvalue weighted by atomic mass is 10.1. The molecule has 0 radical (unpaired) electrons. The minimum Gasteiger partial charge on any atom is -0.479 e. The molecule has 1 atom stereocenters. The molecule has 0 aliphatic carbocycles. The molecule has 0 aliphatic rings. The molecule has 1 unspecified atom stereocenters. The zero-order chi connectivity index (χ0) is 15.0. The normalized spacial score (nSPS) is 10.9. The first-order valence-corrected chi connectivity index (χ1v) is 6.76. The van der Waals surface area contributed by atoms with Crippen molar-refractivity contribution in [3.63, 3.8) is 0 Å². The summed E-state index contributed by atoms with van der Waals surface area (Å²) in [4.78, 5) is 13.2. The average molecular weight is 271 g/mol. The van der Waals surface area contributed by atoms with Crippen molar-refractivity contribution in [2.45, 2.75) is 19.9 Å². The predicted molar refractivity (Wildman–Crippen MR) is 83.0 cm³/mol. The number of hydrogen-bond acceptors (Lipinski definition) is 2. The molecule has 0 bridgehead atoms. The van der Waals surface area contributed by atoms with Gasteiger partial charge in [-0.3, -0.25) is 0 Å². The lowest BCUT2D eigenvalue weighted by molar-refractivity contribution is -0.138. The van der Waals surface area contributed by atoms with Gasteiger partial charge in [0.25, 0.3) is 0 Å². The quantitative estimate of drug-likeness (QED) is 0.914. The second-order valence-corrected chi connectivity index (χ2v) is 4.10. The topological polar surface area (TPSA) is 40.5 Å². The van der Waals surface area contributed by atoms with Crippen LogP contribution in [0.4, 0.5) is 5.69 Å². The van der Waals surface area contributed by atoms with Crippen LogP contribution in [0.25, 0.3) is 0 Å². The first-order chi connectivity index (χ1) is 9.70. The van der Waals surface area contributed by atoms with Gasteiger partial charge in [-0.2, -0.15) is 0 Å². The second-order valence-electron chi connectivity index (χ2n) is 4.10. The highest BCUT2D eigenvalue weighted by molar-refractivity contribution is 5.80. The van der Waals surface area contributed by atoms with Crippen LogP contribution in [0.1, 0.15) is 25.5 Å². The molecule has 2 aromatic rings. The number of carbonyl (C=O) groups is 1. The maximum absolute atomic E-state index is 11.5. The van der Waals surface area contributed by atoms with Gasteiger partial charge in [-0.25, -0.2) is 4.79 Å². The van der Waals surface area contributed by atoms with Crippen LogP contribution in [-0.2, 0) is 4.79 Å². The highest BCUT2D eigenvalue weighted by atomic mass is 16.4. The van der Waals surface area contributed by atoms with Crippen molar-refractivity contribution in [3.8, 4) is 0 Å². The number of anilines is 1. The Morgan fingerprint density at radius 1 is 0.950 bits per heavy atom. The van der Waals surface area contributed by atoms with Gasteiger partial charge in [0, 0.05) is 12.7 Å². The van der Waals surface area contributed by atoms with Crippen LogP contribution in [0.15, 0.2) is 60.7 Å². The van der Waals surface area contributed by atoms with Crippen LogP contribution >= 0.6 is 0 Å². The van der Waals surface area contributed by atoms with Crippen molar-refractivity contribution in [1.29, 1.82) is 0 Å². The summed E-state index contributed by atoms with van der Waals surface area (Å²) in [7, 11) is 1.79. The molecule has 0 heterocycles. The molecule has 0 aromatic heterocycles. The Kier molecular flexibility index (Phi) is 6.30. The molecule has 1 N–H and O–H groups in total. The van der Waals surface area contributed by atoms with Crippen molar-refractivity contribution in [2.24, 2.45) is 0 Å². The first kappa shape index (κ1) is 15.8. The largest absolute Gasteiger partial charge is 0.479 e. The number of carboxylic acid groups (broad SMARTS) is 1. The van der Waals surface area contributed by atoms with E-state index in [2.05, 4.69) is 0 Å². The van der Waals surface area contributed by atoms with E-state index in [9.17, 15) is 9.90 Å². The fourth-order valence-corrected chi connectivity index (χ4v) is 1.98. The van der Waals surface area contributed by atoms with Crippen LogP contribution in [0.2, 0.25) is 0 Å². The number of likely N-dealkylation sites (N-methyl/N-ethyl adjacent to an activating group) is 1. The van der Waals surface area contributed by atoms with E-state index in [0.29, 0.717) is 0 Å². The molecule has 0 saturated heterocycles. The highest BCUT2D eigenvalue weighted by Gasteiger charge is 2.24. The molecule has 0 fully saturated rings. The minimum absolute atomic E-state index is 0.673. The molecule has 0 aliphatic heterocycles. The Balaban J connectivity index is 0.000000956. The number of aliphatic carboxylic acids is 1. The summed E-state index contributed by atoms with van der Waals surface area (Å²) in [6.07, 6.45) is 0. The molecule has 3 nitrogen and oxygen atoms in total. The van der Waals surface area contributed by atoms with Gasteiger partial charge >= 0.3 is 5.97 Å². The summed E-state index contributed by atoms with van der Waals surface area (Å²) in [5.74, 6) is -0.854. The summed E-state index contributed by atoms with van der Waals surface area (Å²) in [6, 6.07) is 18.1. The standard InChI is InChI=1S/C15H15NO2.C2H6/c1-16(13-10-6-3-7-11-13)14(15(17)18)12-8-4-2-5-9-12;1-2/h2-11,14H,1H3,(H,17,18);1-2H3. The summed E-state index contributed by atoms with van der Waals surface area (Å²) >= 11 is 0. The lowest BCUT2D eigenvalue weighted by Crippen LogP contribution is -2.30. The van der Waals surface area contributed by atoms with Gasteiger partial charge < -0.3 is 10.0 Å². The third-order valence-electron chi connectivity index (χ3n) is 2.90. The number of nitrogens with zero attached hydrogens (tertiary/aromatic N) is 1. The van der Waals surface area contributed by atoms with Gasteiger partial charge in [0.2, 0.25) is 0 Å². The van der Waals surface area contributed by atoms with E-state index < -0.39 is 12.0 Å². The molecule has 0 spiro atoms. The molecule has 2 rings (SSSR count). The minimum atomic E-state index is -0.854. The molecule has 20 heavy (non-hydrogen) atoms.